The van der Waals surface area contributed by atoms with Gasteiger partial charge >= 0.3 is 0 Å². The summed E-state index contributed by atoms with van der Waals surface area (Å²) < 4.78 is 7.23. The number of aryl methyl sites for hydroxylation is 1. The Morgan fingerprint density at radius 1 is 1.39 bits per heavy atom. The summed E-state index contributed by atoms with van der Waals surface area (Å²) in [6, 6.07) is 1.92. The van der Waals surface area contributed by atoms with Crippen molar-refractivity contribution in [1.82, 2.24) is 19.7 Å². The molecular formula is C12H15N5O. The molecule has 0 aliphatic carbocycles. The third-order valence-corrected chi connectivity index (χ3v) is 3.11. The van der Waals surface area contributed by atoms with Crippen LogP contribution < -0.4 is 5.32 Å². The zero-order chi connectivity index (χ0) is 12.5. The van der Waals surface area contributed by atoms with Crippen molar-refractivity contribution < 1.29 is 4.74 Å². The lowest BCUT2D eigenvalue weighted by Gasteiger charge is -2.19. The Balaban J connectivity index is 2.14. The van der Waals surface area contributed by atoms with Gasteiger partial charge in [-0.1, -0.05) is 0 Å². The highest BCUT2D eigenvalue weighted by atomic mass is 16.5. The molecule has 2 aromatic rings. The van der Waals surface area contributed by atoms with Crippen LogP contribution in [0.2, 0.25) is 0 Å². The van der Waals surface area contributed by atoms with Crippen molar-refractivity contribution >= 4 is 5.82 Å². The van der Waals surface area contributed by atoms with E-state index in [1.165, 1.54) is 0 Å². The fourth-order valence-corrected chi connectivity index (χ4v) is 2.15. The third kappa shape index (κ3) is 1.74. The van der Waals surface area contributed by atoms with E-state index in [2.05, 4.69) is 20.4 Å². The van der Waals surface area contributed by atoms with Gasteiger partial charge in [0.25, 0.3) is 0 Å². The SMILES string of the molecule is CNc1nc(-c2ccnn2C)nc2c1COCC2. The monoisotopic (exact) mass is 245 g/mol. The summed E-state index contributed by atoms with van der Waals surface area (Å²) in [5.41, 5.74) is 3.05. The molecule has 3 heterocycles. The average molecular weight is 245 g/mol. The van der Waals surface area contributed by atoms with Gasteiger partial charge in [-0.2, -0.15) is 5.10 Å². The number of nitrogens with one attached hydrogen (secondary N) is 1. The third-order valence-electron chi connectivity index (χ3n) is 3.11. The summed E-state index contributed by atoms with van der Waals surface area (Å²) in [5, 5.41) is 7.27. The van der Waals surface area contributed by atoms with Crippen molar-refractivity contribution in [3.05, 3.63) is 23.5 Å². The second-order valence-electron chi connectivity index (χ2n) is 4.21. The van der Waals surface area contributed by atoms with Crippen LogP contribution in [-0.2, 0) is 24.8 Å². The molecule has 6 nitrogen and oxygen atoms in total. The van der Waals surface area contributed by atoms with Gasteiger partial charge in [0.1, 0.15) is 11.5 Å². The molecule has 1 aliphatic heterocycles. The molecule has 0 spiro atoms. The average Bonchev–Trinajstić information content (AvgIpc) is 2.83. The zero-order valence-electron chi connectivity index (χ0n) is 10.5. The predicted molar refractivity (Wildman–Crippen MR) is 67.1 cm³/mol. The van der Waals surface area contributed by atoms with Crippen molar-refractivity contribution in [2.75, 3.05) is 19.0 Å². The van der Waals surface area contributed by atoms with E-state index in [0.29, 0.717) is 12.4 Å². The Bertz CT molecular complexity index is 561. The van der Waals surface area contributed by atoms with Gasteiger partial charge in [0, 0.05) is 32.3 Å². The van der Waals surface area contributed by atoms with Gasteiger partial charge in [0.15, 0.2) is 5.82 Å². The van der Waals surface area contributed by atoms with E-state index < -0.39 is 0 Å². The first-order valence-corrected chi connectivity index (χ1v) is 5.93. The number of fused-ring (bicyclic) bond motifs is 1. The molecule has 1 N–H and O–H groups in total. The Morgan fingerprint density at radius 2 is 2.28 bits per heavy atom. The number of hydrogen-bond donors (Lipinski definition) is 1. The first-order chi connectivity index (χ1) is 8.79. The van der Waals surface area contributed by atoms with E-state index in [4.69, 9.17) is 4.74 Å². The zero-order valence-corrected chi connectivity index (χ0v) is 10.5. The van der Waals surface area contributed by atoms with Crippen LogP contribution in [0.4, 0.5) is 5.82 Å². The molecule has 0 radical (unpaired) electrons. The second-order valence-corrected chi connectivity index (χ2v) is 4.21. The Kier molecular flexibility index (Phi) is 2.71. The van der Waals surface area contributed by atoms with Crippen molar-refractivity contribution in [3.63, 3.8) is 0 Å². The maximum absolute atomic E-state index is 5.46. The number of rotatable bonds is 2. The van der Waals surface area contributed by atoms with E-state index in [9.17, 15) is 0 Å². The van der Waals surface area contributed by atoms with E-state index in [1.54, 1.807) is 10.9 Å². The summed E-state index contributed by atoms with van der Waals surface area (Å²) in [5.74, 6) is 1.55. The van der Waals surface area contributed by atoms with Crippen molar-refractivity contribution in [2.24, 2.45) is 7.05 Å². The molecule has 2 aromatic heterocycles. The molecule has 0 unspecified atom stereocenters. The molecule has 0 fully saturated rings. The number of aromatic nitrogens is 4. The first kappa shape index (κ1) is 11.2. The van der Waals surface area contributed by atoms with E-state index in [-0.39, 0.29) is 0 Å². The fourth-order valence-electron chi connectivity index (χ4n) is 2.15. The lowest BCUT2D eigenvalue weighted by Crippen LogP contribution is -2.16. The largest absolute Gasteiger partial charge is 0.376 e. The summed E-state index contributed by atoms with van der Waals surface area (Å²) >= 11 is 0. The minimum atomic E-state index is 0.581. The molecule has 0 bridgehead atoms. The molecule has 0 saturated carbocycles. The summed E-state index contributed by atoms with van der Waals surface area (Å²) in [6.45, 7) is 1.30. The topological polar surface area (TPSA) is 64.9 Å². The maximum atomic E-state index is 5.46. The van der Waals surface area contributed by atoms with Crippen LogP contribution >= 0.6 is 0 Å². The Hall–Kier alpha value is -1.95. The lowest BCUT2D eigenvalue weighted by atomic mass is 10.1. The van der Waals surface area contributed by atoms with E-state index in [0.717, 1.165) is 35.8 Å². The summed E-state index contributed by atoms with van der Waals surface area (Å²) in [7, 11) is 3.75. The molecule has 6 heteroatoms. The van der Waals surface area contributed by atoms with Crippen LogP contribution in [-0.4, -0.2) is 33.4 Å². The smallest absolute Gasteiger partial charge is 0.180 e. The summed E-state index contributed by atoms with van der Waals surface area (Å²) in [4.78, 5) is 9.18. The van der Waals surface area contributed by atoms with Crippen molar-refractivity contribution in [3.8, 4) is 11.5 Å². The maximum Gasteiger partial charge on any atom is 0.180 e. The van der Waals surface area contributed by atoms with Gasteiger partial charge in [0.05, 0.1) is 18.9 Å². The highest BCUT2D eigenvalue weighted by Crippen LogP contribution is 2.25. The minimum absolute atomic E-state index is 0.581. The Labute approximate surface area is 105 Å². The van der Waals surface area contributed by atoms with Crippen LogP contribution in [0.5, 0.6) is 0 Å². The van der Waals surface area contributed by atoms with E-state index >= 15 is 0 Å². The molecule has 3 rings (SSSR count). The van der Waals surface area contributed by atoms with Crippen LogP contribution in [0, 0.1) is 0 Å². The van der Waals surface area contributed by atoms with Crippen LogP contribution in [0.3, 0.4) is 0 Å². The minimum Gasteiger partial charge on any atom is -0.376 e. The second kappa shape index (κ2) is 4.38. The lowest BCUT2D eigenvalue weighted by molar-refractivity contribution is 0.109. The highest BCUT2D eigenvalue weighted by molar-refractivity contribution is 5.56. The van der Waals surface area contributed by atoms with Gasteiger partial charge in [0.2, 0.25) is 0 Å². The number of anilines is 1. The number of hydrogen-bond acceptors (Lipinski definition) is 5. The van der Waals surface area contributed by atoms with Gasteiger partial charge in [-0.25, -0.2) is 9.97 Å². The van der Waals surface area contributed by atoms with Gasteiger partial charge in [-0.3, -0.25) is 4.68 Å². The van der Waals surface area contributed by atoms with Crippen LogP contribution in [0.15, 0.2) is 12.3 Å². The van der Waals surface area contributed by atoms with Crippen molar-refractivity contribution in [1.29, 1.82) is 0 Å². The molecule has 18 heavy (non-hydrogen) atoms. The number of ether oxygens (including phenoxy) is 1. The molecule has 0 aromatic carbocycles. The molecule has 94 valence electrons. The van der Waals surface area contributed by atoms with Gasteiger partial charge < -0.3 is 10.1 Å². The summed E-state index contributed by atoms with van der Waals surface area (Å²) in [6.07, 6.45) is 2.58. The molecule has 1 aliphatic rings. The van der Waals surface area contributed by atoms with Gasteiger partial charge in [-0.15, -0.1) is 0 Å². The molecule has 0 saturated heterocycles. The standard InChI is InChI=1S/C12H15N5O/c1-13-11-8-7-18-6-4-9(8)15-12(16-11)10-3-5-14-17(10)2/h3,5H,4,6-7H2,1-2H3,(H,13,15,16). The molecule has 0 atom stereocenters. The fraction of sp³-hybridized carbons (Fsp3) is 0.417. The van der Waals surface area contributed by atoms with Crippen LogP contribution in [0.1, 0.15) is 11.3 Å². The first-order valence-electron chi connectivity index (χ1n) is 5.93. The number of nitrogens with zero attached hydrogens (tertiary/aromatic N) is 4. The highest BCUT2D eigenvalue weighted by Gasteiger charge is 2.19. The van der Waals surface area contributed by atoms with Crippen LogP contribution in [0.25, 0.3) is 11.5 Å². The van der Waals surface area contributed by atoms with Crippen molar-refractivity contribution in [2.45, 2.75) is 13.0 Å². The molecule has 0 amide bonds. The molecular weight excluding hydrogens is 230 g/mol. The quantitative estimate of drug-likeness (QED) is 0.854. The Morgan fingerprint density at radius 3 is 3.00 bits per heavy atom. The predicted octanol–water partition coefficient (Wildman–Crippen LogP) is 0.991. The van der Waals surface area contributed by atoms with Gasteiger partial charge in [-0.05, 0) is 6.07 Å². The normalized spacial score (nSPS) is 14.3. The van der Waals surface area contributed by atoms with E-state index in [1.807, 2.05) is 20.2 Å².